The van der Waals surface area contributed by atoms with Crippen molar-refractivity contribution in [2.45, 2.75) is 12.8 Å². The van der Waals surface area contributed by atoms with Crippen LogP contribution in [-0.2, 0) is 9.59 Å². The van der Waals surface area contributed by atoms with Crippen molar-refractivity contribution < 1.29 is 14.4 Å². The molecule has 0 unspecified atom stereocenters. The van der Waals surface area contributed by atoms with Crippen LogP contribution in [0.3, 0.4) is 0 Å². The Kier molecular flexibility index (Phi) is 2.59. The smallest absolute Gasteiger partial charge is 0.297 e. The summed E-state index contributed by atoms with van der Waals surface area (Å²) < 4.78 is 0.597. The molecule has 4 nitrogen and oxygen atoms in total. The van der Waals surface area contributed by atoms with Crippen LogP contribution >= 0.6 is 15.9 Å². The zero-order valence-corrected chi connectivity index (χ0v) is 11.1. The van der Waals surface area contributed by atoms with Gasteiger partial charge in [-0.1, -0.05) is 6.07 Å². The minimum atomic E-state index is -0.606. The first-order valence-electron chi connectivity index (χ1n) is 5.77. The fourth-order valence-corrected chi connectivity index (χ4v) is 2.68. The molecule has 0 radical (unpaired) electrons. The molecule has 2 aliphatic rings. The van der Waals surface area contributed by atoms with Crippen molar-refractivity contribution in [3.63, 3.8) is 0 Å². The van der Waals surface area contributed by atoms with E-state index < -0.39 is 11.7 Å². The molecule has 1 saturated carbocycles. The Morgan fingerprint density at radius 1 is 1.33 bits per heavy atom. The molecular weight excluding hydrogens is 298 g/mol. The van der Waals surface area contributed by atoms with E-state index in [-0.39, 0.29) is 18.2 Å². The fraction of sp³-hybridized carbons (Fsp3) is 0.308. The highest BCUT2D eigenvalue weighted by atomic mass is 79.9. The second-order valence-electron chi connectivity index (χ2n) is 4.59. The highest BCUT2D eigenvalue weighted by molar-refractivity contribution is 9.10. The predicted octanol–water partition coefficient (Wildman–Crippen LogP) is 1.96. The van der Waals surface area contributed by atoms with Gasteiger partial charge in [-0.05, 0) is 40.9 Å². The third kappa shape index (κ3) is 1.70. The number of benzene rings is 1. The van der Waals surface area contributed by atoms with Crippen molar-refractivity contribution in [2.24, 2.45) is 5.92 Å². The van der Waals surface area contributed by atoms with Gasteiger partial charge in [0, 0.05) is 10.4 Å². The number of carbonyl (C=O) groups excluding carboxylic acids is 3. The average Bonchev–Trinajstić information content (AvgIpc) is 3.15. The highest BCUT2D eigenvalue weighted by Gasteiger charge is 2.40. The topological polar surface area (TPSA) is 54.5 Å². The van der Waals surface area contributed by atoms with Crippen molar-refractivity contribution >= 4 is 39.1 Å². The molecule has 92 valence electrons. The van der Waals surface area contributed by atoms with E-state index in [0.29, 0.717) is 15.7 Å². The van der Waals surface area contributed by atoms with Crippen LogP contribution in [0.4, 0.5) is 5.69 Å². The Bertz CT molecular complexity index is 578. The van der Waals surface area contributed by atoms with Gasteiger partial charge in [0.1, 0.15) is 0 Å². The highest BCUT2D eigenvalue weighted by Crippen LogP contribution is 2.36. The number of hydrogen-bond acceptors (Lipinski definition) is 3. The Morgan fingerprint density at radius 2 is 2.06 bits per heavy atom. The van der Waals surface area contributed by atoms with Gasteiger partial charge in [-0.25, -0.2) is 0 Å². The lowest BCUT2D eigenvalue weighted by Crippen LogP contribution is -2.35. The third-order valence-corrected chi connectivity index (χ3v) is 3.96. The Labute approximate surface area is 112 Å². The maximum Gasteiger partial charge on any atom is 0.299 e. The van der Waals surface area contributed by atoms with Crippen LogP contribution in [0.15, 0.2) is 22.7 Å². The molecule has 1 heterocycles. The van der Waals surface area contributed by atoms with E-state index in [4.69, 9.17) is 0 Å². The van der Waals surface area contributed by atoms with Gasteiger partial charge in [0.15, 0.2) is 5.78 Å². The number of anilines is 1. The van der Waals surface area contributed by atoms with Crippen LogP contribution in [0.1, 0.15) is 23.2 Å². The van der Waals surface area contributed by atoms with Gasteiger partial charge in [0.25, 0.3) is 11.7 Å². The quantitative estimate of drug-likeness (QED) is 0.802. The molecule has 0 spiro atoms. The normalized spacial score (nSPS) is 18.2. The van der Waals surface area contributed by atoms with Gasteiger partial charge in [0.05, 0.1) is 17.8 Å². The minimum absolute atomic E-state index is 0.0126. The summed E-state index contributed by atoms with van der Waals surface area (Å²) >= 11 is 3.27. The Hall–Kier alpha value is -1.49. The summed E-state index contributed by atoms with van der Waals surface area (Å²) in [7, 11) is 0. The van der Waals surface area contributed by atoms with Crippen molar-refractivity contribution in [2.75, 3.05) is 11.4 Å². The number of halogens is 1. The van der Waals surface area contributed by atoms with E-state index in [1.807, 2.05) is 0 Å². The maximum absolute atomic E-state index is 11.9. The van der Waals surface area contributed by atoms with Gasteiger partial charge in [-0.2, -0.15) is 0 Å². The molecule has 5 heteroatoms. The van der Waals surface area contributed by atoms with Gasteiger partial charge in [0.2, 0.25) is 0 Å². The fourth-order valence-electron chi connectivity index (χ4n) is 2.15. The number of hydrogen-bond donors (Lipinski definition) is 0. The van der Waals surface area contributed by atoms with Crippen LogP contribution in [0.2, 0.25) is 0 Å². The molecule has 0 atom stereocenters. The van der Waals surface area contributed by atoms with Crippen LogP contribution in [0, 0.1) is 5.92 Å². The summed E-state index contributed by atoms with van der Waals surface area (Å²) in [5, 5.41) is 0. The number of ketones is 2. The number of amides is 1. The minimum Gasteiger partial charge on any atom is -0.297 e. The molecule has 0 saturated heterocycles. The van der Waals surface area contributed by atoms with E-state index in [1.54, 1.807) is 18.2 Å². The van der Waals surface area contributed by atoms with Crippen LogP contribution in [0.5, 0.6) is 0 Å². The van der Waals surface area contributed by atoms with Crippen molar-refractivity contribution in [3.8, 4) is 0 Å². The lowest BCUT2D eigenvalue weighted by Gasteiger charge is -2.15. The first kappa shape index (κ1) is 11.6. The third-order valence-electron chi connectivity index (χ3n) is 3.30. The van der Waals surface area contributed by atoms with E-state index in [2.05, 4.69) is 15.9 Å². The van der Waals surface area contributed by atoms with Gasteiger partial charge >= 0.3 is 0 Å². The second-order valence-corrected chi connectivity index (χ2v) is 5.45. The van der Waals surface area contributed by atoms with Crippen molar-refractivity contribution in [1.29, 1.82) is 0 Å². The lowest BCUT2D eigenvalue weighted by molar-refractivity contribution is -0.121. The largest absolute Gasteiger partial charge is 0.299 e. The molecule has 1 aliphatic carbocycles. The molecule has 0 aromatic heterocycles. The van der Waals surface area contributed by atoms with E-state index in [9.17, 15) is 14.4 Å². The monoisotopic (exact) mass is 307 g/mol. The molecular formula is C13H10BrNO3. The molecule has 0 bridgehead atoms. The van der Waals surface area contributed by atoms with Crippen LogP contribution < -0.4 is 4.90 Å². The Morgan fingerprint density at radius 3 is 2.72 bits per heavy atom. The number of rotatable bonds is 3. The van der Waals surface area contributed by atoms with Crippen LogP contribution in [0.25, 0.3) is 0 Å². The first-order chi connectivity index (χ1) is 8.59. The Balaban J connectivity index is 1.97. The van der Waals surface area contributed by atoms with Gasteiger partial charge in [-0.15, -0.1) is 0 Å². The van der Waals surface area contributed by atoms with E-state index in [0.717, 1.165) is 12.8 Å². The van der Waals surface area contributed by atoms with Gasteiger partial charge < -0.3 is 0 Å². The zero-order chi connectivity index (χ0) is 12.9. The predicted molar refractivity (Wildman–Crippen MR) is 68.6 cm³/mol. The lowest BCUT2D eigenvalue weighted by atomic mass is 10.1. The molecule has 1 aromatic rings. The molecule has 1 amide bonds. The van der Waals surface area contributed by atoms with Crippen molar-refractivity contribution in [3.05, 3.63) is 28.2 Å². The summed E-state index contributed by atoms with van der Waals surface area (Å²) in [6, 6.07) is 5.17. The first-order valence-corrected chi connectivity index (χ1v) is 6.56. The van der Waals surface area contributed by atoms with Gasteiger partial charge in [-0.3, -0.25) is 19.3 Å². The van der Waals surface area contributed by atoms with E-state index >= 15 is 0 Å². The molecule has 1 fully saturated rings. The van der Waals surface area contributed by atoms with Crippen LogP contribution in [-0.4, -0.2) is 24.0 Å². The number of fused-ring (bicyclic) bond motifs is 1. The summed E-state index contributed by atoms with van der Waals surface area (Å²) in [5.74, 6) is -1.01. The number of Topliss-reactive ketones (excluding diaryl/α,β-unsaturated/α-hetero) is 2. The summed E-state index contributed by atoms with van der Waals surface area (Å²) in [5.41, 5.74) is 0.902. The maximum atomic E-state index is 11.9. The molecule has 1 aromatic carbocycles. The molecule has 3 rings (SSSR count). The standard InChI is InChI=1S/C13H10BrNO3/c14-8-2-1-3-9-11(8)12(17)13(18)15(9)6-10(16)7-4-5-7/h1-3,7H,4-6H2. The molecule has 1 aliphatic heterocycles. The summed E-state index contributed by atoms with van der Waals surface area (Å²) in [6.07, 6.45) is 1.81. The number of nitrogens with zero attached hydrogens (tertiary/aromatic N) is 1. The summed E-state index contributed by atoms with van der Waals surface area (Å²) in [6.45, 7) is 0.0126. The molecule has 0 N–H and O–H groups in total. The van der Waals surface area contributed by atoms with Crippen molar-refractivity contribution in [1.82, 2.24) is 0 Å². The number of carbonyl (C=O) groups is 3. The zero-order valence-electron chi connectivity index (χ0n) is 9.48. The second kappa shape index (κ2) is 4.02. The SMILES string of the molecule is O=C1C(=O)N(CC(=O)C2CC2)c2cccc(Br)c21. The molecule has 18 heavy (non-hydrogen) atoms. The average molecular weight is 308 g/mol. The van der Waals surface area contributed by atoms with E-state index in [1.165, 1.54) is 4.90 Å². The summed E-state index contributed by atoms with van der Waals surface area (Å²) in [4.78, 5) is 36.8.